The molecular weight excluding hydrogens is 194 g/mol. The third-order valence-electron chi connectivity index (χ3n) is 4.72. The fraction of sp³-hybridized carbons (Fsp3) is 0.600. The molecule has 2 unspecified atom stereocenters. The molecule has 2 N–H and O–H groups in total. The molecule has 86 valence electrons. The van der Waals surface area contributed by atoms with Gasteiger partial charge in [0.05, 0.1) is 0 Å². The van der Waals surface area contributed by atoms with Gasteiger partial charge in [-0.3, -0.25) is 0 Å². The molecule has 2 saturated carbocycles. The molecule has 16 heavy (non-hydrogen) atoms. The second-order valence-corrected chi connectivity index (χ2v) is 5.97. The van der Waals surface area contributed by atoms with Gasteiger partial charge in [-0.1, -0.05) is 24.3 Å². The molecule has 1 nitrogen and oxygen atoms in total. The van der Waals surface area contributed by atoms with E-state index in [-0.39, 0.29) is 0 Å². The Morgan fingerprint density at radius 3 is 2.56 bits per heavy atom. The Balaban J connectivity index is 1.80. The molecule has 0 aromatic heterocycles. The van der Waals surface area contributed by atoms with Crippen LogP contribution in [0.1, 0.15) is 30.4 Å². The zero-order valence-corrected chi connectivity index (χ0v) is 10.1. The van der Waals surface area contributed by atoms with Gasteiger partial charge in [0.1, 0.15) is 0 Å². The normalized spacial score (nSPS) is 36.1. The van der Waals surface area contributed by atoms with Crippen LogP contribution in [0.15, 0.2) is 24.3 Å². The van der Waals surface area contributed by atoms with E-state index in [1.807, 2.05) is 0 Å². The first-order valence-corrected chi connectivity index (χ1v) is 6.47. The van der Waals surface area contributed by atoms with Gasteiger partial charge in [-0.15, -0.1) is 0 Å². The van der Waals surface area contributed by atoms with E-state index < -0.39 is 0 Å². The van der Waals surface area contributed by atoms with Crippen molar-refractivity contribution in [2.24, 2.45) is 23.0 Å². The molecule has 0 saturated heterocycles. The van der Waals surface area contributed by atoms with Gasteiger partial charge in [0.15, 0.2) is 0 Å². The highest BCUT2D eigenvalue weighted by atomic mass is 14.7. The molecule has 2 fully saturated rings. The summed E-state index contributed by atoms with van der Waals surface area (Å²) in [7, 11) is 0. The van der Waals surface area contributed by atoms with Gasteiger partial charge in [0.25, 0.3) is 0 Å². The van der Waals surface area contributed by atoms with E-state index in [0.29, 0.717) is 5.41 Å². The smallest absolute Gasteiger partial charge is 0.00171 e. The van der Waals surface area contributed by atoms with Gasteiger partial charge in [-0.05, 0) is 67.5 Å². The Labute approximate surface area is 98.0 Å². The predicted molar refractivity (Wildman–Crippen MR) is 67.2 cm³/mol. The molecule has 0 spiro atoms. The van der Waals surface area contributed by atoms with Crippen LogP contribution in [0.2, 0.25) is 0 Å². The maximum Gasteiger partial charge on any atom is -0.00171 e. The van der Waals surface area contributed by atoms with E-state index in [1.54, 1.807) is 0 Å². The molecule has 0 radical (unpaired) electrons. The molecule has 0 bridgehead atoms. The van der Waals surface area contributed by atoms with Crippen molar-refractivity contribution in [1.82, 2.24) is 0 Å². The van der Waals surface area contributed by atoms with Crippen molar-refractivity contribution in [3.05, 3.63) is 35.4 Å². The van der Waals surface area contributed by atoms with Crippen LogP contribution in [0.3, 0.4) is 0 Å². The number of nitrogens with two attached hydrogens (primary N) is 1. The number of benzene rings is 1. The van der Waals surface area contributed by atoms with Crippen LogP contribution in [0, 0.1) is 24.2 Å². The first-order valence-electron chi connectivity index (χ1n) is 6.47. The van der Waals surface area contributed by atoms with E-state index in [9.17, 15) is 0 Å². The fourth-order valence-corrected chi connectivity index (χ4v) is 3.60. The summed E-state index contributed by atoms with van der Waals surface area (Å²) in [5, 5.41) is 0. The highest BCUT2D eigenvalue weighted by Crippen LogP contribution is 2.60. The summed E-state index contributed by atoms with van der Waals surface area (Å²) < 4.78 is 0. The molecular formula is C15H21N. The molecule has 1 aromatic rings. The van der Waals surface area contributed by atoms with E-state index in [4.69, 9.17) is 5.73 Å². The lowest BCUT2D eigenvalue weighted by molar-refractivity contribution is 0.272. The minimum absolute atomic E-state index is 0.430. The Morgan fingerprint density at radius 1 is 1.25 bits per heavy atom. The number of hydrogen-bond donors (Lipinski definition) is 1. The van der Waals surface area contributed by atoms with E-state index >= 15 is 0 Å². The summed E-state index contributed by atoms with van der Waals surface area (Å²) >= 11 is 0. The van der Waals surface area contributed by atoms with Crippen molar-refractivity contribution in [3.63, 3.8) is 0 Å². The number of rotatable bonds is 3. The minimum atomic E-state index is 0.430. The van der Waals surface area contributed by atoms with Crippen LogP contribution < -0.4 is 5.73 Å². The van der Waals surface area contributed by atoms with Crippen molar-refractivity contribution in [2.45, 2.75) is 32.6 Å². The summed E-state index contributed by atoms with van der Waals surface area (Å²) in [6, 6.07) is 8.77. The van der Waals surface area contributed by atoms with Crippen molar-refractivity contribution < 1.29 is 0 Å². The largest absolute Gasteiger partial charge is 0.330 e. The van der Waals surface area contributed by atoms with Gasteiger partial charge >= 0.3 is 0 Å². The van der Waals surface area contributed by atoms with Crippen LogP contribution in [0.25, 0.3) is 0 Å². The SMILES string of the molecule is Cc1ccccc1CC1(CN)CC2CC2C1. The van der Waals surface area contributed by atoms with E-state index in [2.05, 4.69) is 31.2 Å². The molecule has 2 atom stereocenters. The summed E-state index contributed by atoms with van der Waals surface area (Å²) in [6.07, 6.45) is 5.43. The highest BCUT2D eigenvalue weighted by molar-refractivity contribution is 5.27. The third-order valence-corrected chi connectivity index (χ3v) is 4.72. The summed E-state index contributed by atoms with van der Waals surface area (Å²) in [6.45, 7) is 3.09. The van der Waals surface area contributed by atoms with Gasteiger partial charge in [0, 0.05) is 0 Å². The molecule has 2 aliphatic rings. The fourth-order valence-electron chi connectivity index (χ4n) is 3.60. The quantitative estimate of drug-likeness (QED) is 0.824. The van der Waals surface area contributed by atoms with Gasteiger partial charge in [-0.2, -0.15) is 0 Å². The second kappa shape index (κ2) is 3.59. The molecule has 0 aliphatic heterocycles. The van der Waals surface area contributed by atoms with Crippen molar-refractivity contribution >= 4 is 0 Å². The predicted octanol–water partition coefficient (Wildman–Crippen LogP) is 2.91. The minimum Gasteiger partial charge on any atom is -0.330 e. The lowest BCUT2D eigenvalue weighted by Crippen LogP contribution is -2.31. The number of hydrogen-bond acceptors (Lipinski definition) is 1. The zero-order chi connectivity index (χ0) is 11.2. The van der Waals surface area contributed by atoms with Crippen LogP contribution in [0.4, 0.5) is 0 Å². The summed E-state index contributed by atoms with van der Waals surface area (Å²) in [4.78, 5) is 0. The maximum atomic E-state index is 6.05. The van der Waals surface area contributed by atoms with Crippen LogP contribution >= 0.6 is 0 Å². The van der Waals surface area contributed by atoms with E-state index in [0.717, 1.165) is 18.4 Å². The lowest BCUT2D eigenvalue weighted by atomic mass is 9.77. The standard InChI is InChI=1S/C15H21N/c1-11-4-2-3-5-12(11)7-15(10-16)8-13-6-14(13)9-15/h2-5,13-14H,6-10,16H2,1H3. The van der Waals surface area contributed by atoms with Crippen LogP contribution in [0.5, 0.6) is 0 Å². The van der Waals surface area contributed by atoms with Crippen LogP contribution in [-0.4, -0.2) is 6.54 Å². The van der Waals surface area contributed by atoms with Gasteiger partial charge < -0.3 is 5.73 Å². The second-order valence-electron chi connectivity index (χ2n) is 5.97. The average Bonchev–Trinajstić information content (AvgIpc) is 2.91. The summed E-state index contributed by atoms with van der Waals surface area (Å²) in [5.74, 6) is 2.04. The van der Waals surface area contributed by atoms with Gasteiger partial charge in [0.2, 0.25) is 0 Å². The zero-order valence-electron chi connectivity index (χ0n) is 10.1. The van der Waals surface area contributed by atoms with E-state index in [1.165, 1.54) is 36.8 Å². The molecule has 1 heteroatoms. The number of fused-ring (bicyclic) bond motifs is 1. The molecule has 0 heterocycles. The Hall–Kier alpha value is -0.820. The van der Waals surface area contributed by atoms with Crippen molar-refractivity contribution in [2.75, 3.05) is 6.54 Å². The van der Waals surface area contributed by atoms with Crippen molar-refractivity contribution in [1.29, 1.82) is 0 Å². The first-order chi connectivity index (χ1) is 7.72. The average molecular weight is 215 g/mol. The molecule has 3 rings (SSSR count). The first kappa shape index (κ1) is 10.3. The topological polar surface area (TPSA) is 26.0 Å². The van der Waals surface area contributed by atoms with Gasteiger partial charge in [-0.25, -0.2) is 0 Å². The molecule has 2 aliphatic carbocycles. The number of aryl methyl sites for hydroxylation is 1. The molecule has 1 aromatic carbocycles. The lowest BCUT2D eigenvalue weighted by Gasteiger charge is -2.30. The van der Waals surface area contributed by atoms with Crippen LogP contribution in [-0.2, 0) is 6.42 Å². The Bertz CT molecular complexity index is 386. The Morgan fingerprint density at radius 2 is 1.94 bits per heavy atom. The summed E-state index contributed by atoms with van der Waals surface area (Å²) in [5.41, 5.74) is 9.42. The monoisotopic (exact) mass is 215 g/mol. The third kappa shape index (κ3) is 1.67. The van der Waals surface area contributed by atoms with Crippen molar-refractivity contribution in [3.8, 4) is 0 Å². The maximum absolute atomic E-state index is 6.05. The highest BCUT2D eigenvalue weighted by Gasteiger charge is 2.52. The Kier molecular flexibility index (Phi) is 2.32. The molecule has 0 amide bonds.